The average Bonchev–Trinajstić information content (AvgIpc) is 2.63. The normalized spacial score (nSPS) is 16.9. The Morgan fingerprint density at radius 1 is 1.25 bits per heavy atom. The molecule has 1 fully saturated rings. The zero-order valence-corrected chi connectivity index (χ0v) is 8.93. The summed E-state index contributed by atoms with van der Waals surface area (Å²) in [5.41, 5.74) is 6.09. The van der Waals surface area contributed by atoms with Crippen molar-refractivity contribution < 1.29 is 9.59 Å². The molecule has 1 aromatic rings. The number of likely N-dealkylation sites (tertiary alicyclic amines) is 1. The minimum atomic E-state index is -0.0867. The number of imide groups is 1. The summed E-state index contributed by atoms with van der Waals surface area (Å²) in [4.78, 5) is 24.3. The van der Waals surface area contributed by atoms with E-state index in [9.17, 15) is 9.59 Å². The van der Waals surface area contributed by atoms with Gasteiger partial charge in [0.2, 0.25) is 11.8 Å². The molecule has 6 nitrogen and oxygen atoms in total. The number of carbonyl (C=O) groups is 2. The van der Waals surface area contributed by atoms with E-state index in [1.54, 1.807) is 17.1 Å². The summed E-state index contributed by atoms with van der Waals surface area (Å²) in [6.07, 6.45) is 4.82. The van der Waals surface area contributed by atoms with Gasteiger partial charge in [-0.15, -0.1) is 0 Å². The van der Waals surface area contributed by atoms with Gasteiger partial charge in [-0.05, 0) is 6.42 Å². The van der Waals surface area contributed by atoms with Crippen LogP contribution in [0.1, 0.15) is 19.3 Å². The molecule has 2 heterocycles. The summed E-state index contributed by atoms with van der Waals surface area (Å²) < 4.78 is 1.63. The van der Waals surface area contributed by atoms with Crippen molar-refractivity contribution in [3.8, 4) is 0 Å². The molecular weight excluding hydrogens is 208 g/mol. The summed E-state index contributed by atoms with van der Waals surface area (Å²) in [5.74, 6) is -0.173. The maximum atomic E-state index is 11.5. The number of nitrogens with zero attached hydrogens (tertiary/aromatic N) is 3. The summed E-state index contributed by atoms with van der Waals surface area (Å²) in [5, 5.41) is 3.99. The van der Waals surface area contributed by atoms with Gasteiger partial charge in [0.1, 0.15) is 0 Å². The van der Waals surface area contributed by atoms with Gasteiger partial charge in [0, 0.05) is 25.6 Å². The van der Waals surface area contributed by atoms with Crippen LogP contribution >= 0.6 is 0 Å². The molecule has 0 aromatic carbocycles. The first-order valence-electron chi connectivity index (χ1n) is 5.28. The van der Waals surface area contributed by atoms with Gasteiger partial charge in [0.15, 0.2) is 0 Å². The van der Waals surface area contributed by atoms with Crippen LogP contribution in [-0.4, -0.2) is 33.0 Å². The van der Waals surface area contributed by atoms with E-state index in [1.165, 1.54) is 4.90 Å². The van der Waals surface area contributed by atoms with E-state index in [2.05, 4.69) is 5.10 Å². The molecule has 1 aromatic heterocycles. The topological polar surface area (TPSA) is 81.2 Å². The summed E-state index contributed by atoms with van der Waals surface area (Å²) in [7, 11) is 0. The molecule has 6 heteroatoms. The van der Waals surface area contributed by atoms with Gasteiger partial charge < -0.3 is 5.73 Å². The number of anilines is 1. The second kappa shape index (κ2) is 4.34. The molecule has 16 heavy (non-hydrogen) atoms. The Bertz CT molecular complexity index is 397. The Hall–Kier alpha value is -1.85. The van der Waals surface area contributed by atoms with Gasteiger partial charge in [-0.1, -0.05) is 0 Å². The van der Waals surface area contributed by atoms with E-state index in [-0.39, 0.29) is 11.8 Å². The number of nitrogens with two attached hydrogens (primary N) is 1. The number of nitrogen functional groups attached to an aromatic ring is 1. The number of carbonyl (C=O) groups excluding carboxylic acids is 2. The van der Waals surface area contributed by atoms with Crippen molar-refractivity contribution in [2.45, 2.75) is 25.8 Å². The van der Waals surface area contributed by atoms with Gasteiger partial charge in [0.05, 0.1) is 18.4 Å². The van der Waals surface area contributed by atoms with E-state index in [4.69, 9.17) is 5.73 Å². The number of aromatic nitrogens is 2. The quantitative estimate of drug-likeness (QED) is 0.730. The third-order valence-electron chi connectivity index (χ3n) is 2.59. The molecule has 0 spiro atoms. The maximum absolute atomic E-state index is 11.5. The Kier molecular flexibility index (Phi) is 2.89. The molecule has 2 amide bonds. The molecule has 0 saturated carbocycles. The van der Waals surface area contributed by atoms with Gasteiger partial charge in [0.25, 0.3) is 0 Å². The number of rotatable bonds is 3. The van der Waals surface area contributed by atoms with Gasteiger partial charge >= 0.3 is 0 Å². The third kappa shape index (κ3) is 2.21. The number of amides is 2. The zero-order chi connectivity index (χ0) is 11.5. The van der Waals surface area contributed by atoms with Crippen molar-refractivity contribution in [2.24, 2.45) is 0 Å². The molecule has 1 aliphatic heterocycles. The van der Waals surface area contributed by atoms with E-state index in [1.807, 2.05) is 0 Å². The predicted molar refractivity (Wildman–Crippen MR) is 57.2 cm³/mol. The lowest BCUT2D eigenvalue weighted by molar-refractivity contribution is -0.148. The maximum Gasteiger partial charge on any atom is 0.229 e. The van der Waals surface area contributed by atoms with E-state index in [0.717, 1.165) is 0 Å². The molecule has 0 radical (unpaired) electrons. The van der Waals surface area contributed by atoms with Crippen LogP contribution in [0.2, 0.25) is 0 Å². The number of piperidine rings is 1. The van der Waals surface area contributed by atoms with Crippen molar-refractivity contribution in [3.63, 3.8) is 0 Å². The first kappa shape index (κ1) is 10.7. The fraction of sp³-hybridized carbons (Fsp3) is 0.500. The molecular formula is C10H14N4O2. The number of hydrogen-bond donors (Lipinski definition) is 1. The lowest BCUT2D eigenvalue weighted by atomic mass is 10.1. The molecule has 1 saturated heterocycles. The molecule has 2 N–H and O–H groups in total. The monoisotopic (exact) mass is 222 g/mol. The molecule has 0 bridgehead atoms. The largest absolute Gasteiger partial charge is 0.396 e. The van der Waals surface area contributed by atoms with Crippen LogP contribution in [0.3, 0.4) is 0 Å². The van der Waals surface area contributed by atoms with Crippen LogP contribution in [0.5, 0.6) is 0 Å². The van der Waals surface area contributed by atoms with Crippen LogP contribution in [0, 0.1) is 0 Å². The summed E-state index contributed by atoms with van der Waals surface area (Å²) in [6.45, 7) is 0.869. The smallest absolute Gasteiger partial charge is 0.229 e. The van der Waals surface area contributed by atoms with E-state index < -0.39 is 0 Å². The average molecular weight is 222 g/mol. The minimum Gasteiger partial charge on any atom is -0.396 e. The van der Waals surface area contributed by atoms with Crippen molar-refractivity contribution in [3.05, 3.63) is 12.4 Å². The van der Waals surface area contributed by atoms with Crippen molar-refractivity contribution in [1.29, 1.82) is 0 Å². The van der Waals surface area contributed by atoms with Gasteiger partial charge in [-0.25, -0.2) is 0 Å². The SMILES string of the molecule is Nc1cnn(CCN2C(=O)CCCC2=O)c1. The molecule has 1 aliphatic rings. The fourth-order valence-corrected chi connectivity index (χ4v) is 1.75. The van der Waals surface area contributed by atoms with Crippen molar-refractivity contribution >= 4 is 17.5 Å². The zero-order valence-electron chi connectivity index (χ0n) is 8.93. The molecule has 0 atom stereocenters. The molecule has 0 unspecified atom stereocenters. The lowest BCUT2D eigenvalue weighted by Crippen LogP contribution is -2.41. The van der Waals surface area contributed by atoms with Crippen molar-refractivity contribution in [2.75, 3.05) is 12.3 Å². The van der Waals surface area contributed by atoms with Crippen LogP contribution in [-0.2, 0) is 16.1 Å². The molecule has 86 valence electrons. The molecule has 0 aliphatic carbocycles. The first-order valence-corrected chi connectivity index (χ1v) is 5.28. The predicted octanol–water partition coefficient (Wildman–Crippen LogP) is 0.00440. The Labute approximate surface area is 93.0 Å². The van der Waals surface area contributed by atoms with Crippen LogP contribution in [0.25, 0.3) is 0 Å². The minimum absolute atomic E-state index is 0.0867. The van der Waals surface area contributed by atoms with Gasteiger partial charge in [-0.3, -0.25) is 19.2 Å². The summed E-state index contributed by atoms with van der Waals surface area (Å²) >= 11 is 0. The summed E-state index contributed by atoms with van der Waals surface area (Å²) in [6, 6.07) is 0. The van der Waals surface area contributed by atoms with E-state index >= 15 is 0 Å². The number of hydrogen-bond acceptors (Lipinski definition) is 4. The van der Waals surface area contributed by atoms with Gasteiger partial charge in [-0.2, -0.15) is 5.10 Å². The highest BCUT2D eigenvalue weighted by Gasteiger charge is 2.25. The fourth-order valence-electron chi connectivity index (χ4n) is 1.75. The first-order chi connectivity index (χ1) is 7.66. The highest BCUT2D eigenvalue weighted by molar-refractivity contribution is 5.97. The Morgan fingerprint density at radius 2 is 1.94 bits per heavy atom. The standard InChI is InChI=1S/C10H14N4O2/c11-8-6-12-13(7-8)4-5-14-9(15)2-1-3-10(14)16/h6-7H,1-5,11H2. The highest BCUT2D eigenvalue weighted by atomic mass is 16.2. The molecule has 2 rings (SSSR count). The van der Waals surface area contributed by atoms with Crippen LogP contribution in [0.4, 0.5) is 5.69 Å². The Balaban J connectivity index is 1.93. The van der Waals surface area contributed by atoms with E-state index in [0.29, 0.717) is 38.0 Å². The van der Waals surface area contributed by atoms with Crippen molar-refractivity contribution in [1.82, 2.24) is 14.7 Å². The lowest BCUT2D eigenvalue weighted by Gasteiger charge is -2.24. The van der Waals surface area contributed by atoms with Crippen LogP contribution < -0.4 is 5.73 Å². The Morgan fingerprint density at radius 3 is 2.50 bits per heavy atom. The second-order valence-corrected chi connectivity index (χ2v) is 3.83. The highest BCUT2D eigenvalue weighted by Crippen LogP contribution is 2.12. The third-order valence-corrected chi connectivity index (χ3v) is 2.59. The second-order valence-electron chi connectivity index (χ2n) is 3.83. The van der Waals surface area contributed by atoms with Crippen LogP contribution in [0.15, 0.2) is 12.4 Å².